The molecule has 0 aromatic heterocycles. The molecule has 0 spiro atoms. The molecule has 0 aliphatic carbocycles. The number of hydrogen-bond donors (Lipinski definition) is 0. The van der Waals surface area contributed by atoms with E-state index in [-0.39, 0.29) is 11.1 Å². The van der Waals surface area contributed by atoms with Crippen molar-refractivity contribution in [1.82, 2.24) is 4.90 Å². The number of aryl methyl sites for hydroxylation is 1. The van der Waals surface area contributed by atoms with Crippen molar-refractivity contribution in [1.29, 1.82) is 0 Å². The van der Waals surface area contributed by atoms with Gasteiger partial charge in [0.15, 0.2) is 11.5 Å². The fourth-order valence-electron chi connectivity index (χ4n) is 2.61. The monoisotopic (exact) mass is 417 g/mol. The van der Waals surface area contributed by atoms with Gasteiger partial charge in [0.05, 0.1) is 16.5 Å². The zero-order valence-electron chi connectivity index (χ0n) is 15.8. The molecule has 0 saturated carbocycles. The van der Waals surface area contributed by atoms with Crippen LogP contribution in [-0.4, -0.2) is 29.7 Å². The summed E-state index contributed by atoms with van der Waals surface area (Å²) >= 11 is 7.34. The number of benzene rings is 2. The number of nitrogens with zero attached hydrogens (tertiary/aromatic N) is 1. The van der Waals surface area contributed by atoms with Crippen molar-refractivity contribution in [3.63, 3.8) is 0 Å². The van der Waals surface area contributed by atoms with E-state index < -0.39 is 0 Å². The molecule has 1 fully saturated rings. The van der Waals surface area contributed by atoms with Gasteiger partial charge in [0.25, 0.3) is 11.1 Å². The third kappa shape index (κ3) is 4.51. The van der Waals surface area contributed by atoms with Crippen molar-refractivity contribution in [2.75, 3.05) is 13.7 Å². The highest BCUT2D eigenvalue weighted by Gasteiger charge is 2.31. The Balaban J connectivity index is 1.86. The second-order valence-electron chi connectivity index (χ2n) is 6.28. The van der Waals surface area contributed by atoms with E-state index in [1.54, 1.807) is 18.2 Å². The lowest BCUT2D eigenvalue weighted by molar-refractivity contribution is -0.121. The highest BCUT2D eigenvalue weighted by atomic mass is 35.5. The number of imide groups is 1. The lowest BCUT2D eigenvalue weighted by Crippen LogP contribution is -2.22. The minimum absolute atomic E-state index is 0.301. The second-order valence-corrected chi connectivity index (χ2v) is 7.68. The first-order chi connectivity index (χ1) is 13.4. The molecule has 0 radical (unpaired) electrons. The number of likely N-dealkylation sites (N-methyl/N-ethyl adjacent to an activating group) is 1. The van der Waals surface area contributed by atoms with E-state index in [4.69, 9.17) is 21.1 Å². The third-order valence-corrected chi connectivity index (χ3v) is 5.36. The van der Waals surface area contributed by atoms with Gasteiger partial charge in [-0.25, -0.2) is 0 Å². The van der Waals surface area contributed by atoms with Crippen molar-refractivity contribution in [3.05, 3.63) is 63.0 Å². The van der Waals surface area contributed by atoms with Crippen LogP contribution in [0.1, 0.15) is 23.6 Å². The summed E-state index contributed by atoms with van der Waals surface area (Å²) in [6.45, 7) is 4.69. The van der Waals surface area contributed by atoms with Gasteiger partial charge in [-0.05, 0) is 54.9 Å². The average molecular weight is 418 g/mol. The maximum Gasteiger partial charge on any atom is 0.293 e. The van der Waals surface area contributed by atoms with Crippen LogP contribution in [0.5, 0.6) is 11.5 Å². The number of carbonyl (C=O) groups is 2. The molecule has 1 saturated heterocycles. The smallest absolute Gasteiger partial charge is 0.293 e. The van der Waals surface area contributed by atoms with Gasteiger partial charge in [0, 0.05) is 7.05 Å². The lowest BCUT2D eigenvalue weighted by Gasteiger charge is -2.15. The van der Waals surface area contributed by atoms with Crippen LogP contribution in [0.2, 0.25) is 5.02 Å². The average Bonchev–Trinajstić information content (AvgIpc) is 2.89. The molecule has 0 unspecified atom stereocenters. The second kappa shape index (κ2) is 8.71. The molecule has 1 aliphatic rings. The molecule has 2 aromatic rings. The van der Waals surface area contributed by atoms with E-state index in [0.717, 1.165) is 22.2 Å². The standard InChI is InChI=1S/C21H20ClNO4S/c1-4-26-17-10-15(11-18-20(24)23(3)21(25)28-18)9-16(22)19(17)27-12-14-7-5-13(2)6-8-14/h5-11H,4,12H2,1-3H3/b18-11-. The predicted octanol–water partition coefficient (Wildman–Crippen LogP) is 5.29. The van der Waals surface area contributed by atoms with Gasteiger partial charge in [-0.1, -0.05) is 41.4 Å². The fraction of sp³-hybridized carbons (Fsp3) is 0.238. The minimum Gasteiger partial charge on any atom is -0.490 e. The topological polar surface area (TPSA) is 55.8 Å². The van der Waals surface area contributed by atoms with Crippen molar-refractivity contribution in [2.24, 2.45) is 0 Å². The molecular formula is C21H20ClNO4S. The van der Waals surface area contributed by atoms with Gasteiger partial charge in [-0.2, -0.15) is 0 Å². The molecular weight excluding hydrogens is 398 g/mol. The van der Waals surface area contributed by atoms with Gasteiger partial charge < -0.3 is 9.47 Å². The molecule has 3 rings (SSSR count). The van der Waals surface area contributed by atoms with Gasteiger partial charge in [-0.15, -0.1) is 0 Å². The van der Waals surface area contributed by atoms with E-state index in [0.29, 0.717) is 40.2 Å². The summed E-state index contributed by atoms with van der Waals surface area (Å²) in [5, 5.41) is 0.0745. The first-order valence-corrected chi connectivity index (χ1v) is 9.94. The van der Waals surface area contributed by atoms with E-state index in [2.05, 4.69) is 0 Å². The van der Waals surface area contributed by atoms with Crippen LogP contribution in [0.25, 0.3) is 6.08 Å². The van der Waals surface area contributed by atoms with Crippen molar-refractivity contribution in [2.45, 2.75) is 20.5 Å². The van der Waals surface area contributed by atoms with Crippen molar-refractivity contribution < 1.29 is 19.1 Å². The number of ether oxygens (including phenoxy) is 2. The Kier molecular flexibility index (Phi) is 6.31. The Morgan fingerprint density at radius 2 is 1.86 bits per heavy atom. The third-order valence-electron chi connectivity index (χ3n) is 4.12. The molecule has 28 heavy (non-hydrogen) atoms. The number of halogens is 1. The van der Waals surface area contributed by atoms with E-state index in [9.17, 15) is 9.59 Å². The van der Waals surface area contributed by atoms with Crippen LogP contribution in [0.15, 0.2) is 41.3 Å². The van der Waals surface area contributed by atoms with Gasteiger partial charge in [-0.3, -0.25) is 14.5 Å². The lowest BCUT2D eigenvalue weighted by atomic mass is 10.1. The molecule has 2 amide bonds. The largest absolute Gasteiger partial charge is 0.490 e. The van der Waals surface area contributed by atoms with Crippen LogP contribution in [0.4, 0.5) is 4.79 Å². The minimum atomic E-state index is -0.330. The highest BCUT2D eigenvalue weighted by Crippen LogP contribution is 2.39. The molecule has 7 heteroatoms. The summed E-state index contributed by atoms with van der Waals surface area (Å²) in [6.07, 6.45) is 1.63. The Morgan fingerprint density at radius 1 is 1.14 bits per heavy atom. The first kappa shape index (κ1) is 20.3. The number of thioether (sulfide) groups is 1. The quantitative estimate of drug-likeness (QED) is 0.597. The summed E-state index contributed by atoms with van der Waals surface area (Å²) in [5.74, 6) is 0.609. The molecule has 2 aromatic carbocycles. The van der Waals surface area contributed by atoms with Crippen LogP contribution in [-0.2, 0) is 11.4 Å². The van der Waals surface area contributed by atoms with Crippen LogP contribution >= 0.6 is 23.4 Å². The molecule has 5 nitrogen and oxygen atoms in total. The van der Waals surface area contributed by atoms with E-state index in [1.165, 1.54) is 12.6 Å². The van der Waals surface area contributed by atoms with E-state index in [1.807, 2.05) is 38.1 Å². The Labute approximate surface area is 173 Å². The number of hydrogen-bond acceptors (Lipinski definition) is 5. The number of rotatable bonds is 6. The first-order valence-electron chi connectivity index (χ1n) is 8.75. The number of amides is 2. The van der Waals surface area contributed by atoms with Crippen molar-refractivity contribution in [3.8, 4) is 11.5 Å². The Hall–Kier alpha value is -2.44. The van der Waals surface area contributed by atoms with Gasteiger partial charge in [0.2, 0.25) is 0 Å². The summed E-state index contributed by atoms with van der Waals surface area (Å²) in [6, 6.07) is 11.5. The molecule has 0 N–H and O–H groups in total. The summed E-state index contributed by atoms with van der Waals surface area (Å²) in [5.41, 5.74) is 2.86. The summed E-state index contributed by atoms with van der Waals surface area (Å²) in [7, 11) is 1.46. The highest BCUT2D eigenvalue weighted by molar-refractivity contribution is 8.18. The Morgan fingerprint density at radius 3 is 2.46 bits per heavy atom. The zero-order chi connectivity index (χ0) is 20.3. The zero-order valence-corrected chi connectivity index (χ0v) is 17.4. The van der Waals surface area contributed by atoms with Gasteiger partial charge >= 0.3 is 0 Å². The summed E-state index contributed by atoms with van der Waals surface area (Å²) < 4.78 is 11.6. The maximum absolute atomic E-state index is 12.1. The normalized spacial score (nSPS) is 15.4. The van der Waals surface area contributed by atoms with E-state index >= 15 is 0 Å². The summed E-state index contributed by atoms with van der Waals surface area (Å²) in [4.78, 5) is 25.2. The molecule has 1 heterocycles. The molecule has 1 aliphatic heterocycles. The Bertz CT molecular complexity index is 940. The molecule has 146 valence electrons. The van der Waals surface area contributed by atoms with Crippen LogP contribution < -0.4 is 9.47 Å². The maximum atomic E-state index is 12.1. The van der Waals surface area contributed by atoms with Crippen LogP contribution in [0, 0.1) is 6.92 Å². The number of carbonyl (C=O) groups excluding carboxylic acids is 2. The van der Waals surface area contributed by atoms with Crippen molar-refractivity contribution >= 4 is 40.6 Å². The SMILES string of the molecule is CCOc1cc(/C=C2\SC(=O)N(C)C2=O)cc(Cl)c1OCc1ccc(C)cc1. The predicted molar refractivity (Wildman–Crippen MR) is 112 cm³/mol. The van der Waals surface area contributed by atoms with Crippen LogP contribution in [0.3, 0.4) is 0 Å². The van der Waals surface area contributed by atoms with Gasteiger partial charge in [0.1, 0.15) is 6.61 Å². The fourth-order valence-corrected chi connectivity index (χ4v) is 3.71. The molecule has 0 bridgehead atoms. The molecule has 0 atom stereocenters.